The Morgan fingerprint density at radius 3 is 2.23 bits per heavy atom. The summed E-state index contributed by atoms with van der Waals surface area (Å²) in [6.07, 6.45) is -0.915. The molecule has 1 saturated heterocycles. The van der Waals surface area contributed by atoms with Crippen LogP contribution in [0.2, 0.25) is 0 Å². The molecule has 0 radical (unpaired) electrons. The van der Waals surface area contributed by atoms with E-state index >= 15 is 0 Å². The van der Waals surface area contributed by atoms with E-state index in [0.29, 0.717) is 0 Å². The Balaban J connectivity index is 0.00000144. The van der Waals surface area contributed by atoms with Gasteiger partial charge in [0.05, 0.1) is 17.6 Å². The molecular formula is C4H7NaO6S2. The van der Waals surface area contributed by atoms with Crippen molar-refractivity contribution < 1.29 is 55.1 Å². The largest absolute Gasteiger partial charge is 1.00 e. The van der Waals surface area contributed by atoms with Crippen LogP contribution >= 0.6 is 0 Å². The smallest absolute Gasteiger partial charge is 0.726 e. The van der Waals surface area contributed by atoms with Crippen molar-refractivity contribution in [2.24, 2.45) is 0 Å². The maximum Gasteiger partial charge on any atom is 1.00 e. The van der Waals surface area contributed by atoms with E-state index < -0.39 is 26.3 Å². The monoisotopic (exact) mass is 238 g/mol. The molecule has 0 amide bonds. The summed E-state index contributed by atoms with van der Waals surface area (Å²) in [7, 11) is -7.97. The van der Waals surface area contributed by atoms with Crippen molar-refractivity contribution in [1.82, 2.24) is 0 Å². The van der Waals surface area contributed by atoms with Gasteiger partial charge in [0.2, 0.25) is 10.4 Å². The van der Waals surface area contributed by atoms with Gasteiger partial charge in [-0.3, -0.25) is 4.18 Å². The molecule has 0 saturated carbocycles. The van der Waals surface area contributed by atoms with E-state index in [9.17, 15) is 21.4 Å². The first-order chi connectivity index (χ1) is 5.29. The Morgan fingerprint density at radius 2 is 1.92 bits per heavy atom. The summed E-state index contributed by atoms with van der Waals surface area (Å²) in [5, 5.41) is 0. The fourth-order valence-electron chi connectivity index (χ4n) is 1.00. The van der Waals surface area contributed by atoms with E-state index in [1.54, 1.807) is 0 Å². The van der Waals surface area contributed by atoms with Crippen LogP contribution in [0.1, 0.15) is 6.42 Å². The third-order valence-corrected chi connectivity index (χ3v) is 3.69. The molecule has 0 aromatic heterocycles. The summed E-state index contributed by atoms with van der Waals surface area (Å²) in [4.78, 5) is 0. The second kappa shape index (κ2) is 4.56. The van der Waals surface area contributed by atoms with Crippen LogP contribution in [0.5, 0.6) is 0 Å². The Morgan fingerprint density at radius 1 is 1.38 bits per heavy atom. The first-order valence-corrected chi connectivity index (χ1v) is 6.28. The summed E-state index contributed by atoms with van der Waals surface area (Å²) >= 11 is 0. The summed E-state index contributed by atoms with van der Waals surface area (Å²) in [6.45, 7) is 0. The molecule has 6 nitrogen and oxygen atoms in total. The van der Waals surface area contributed by atoms with Crippen molar-refractivity contribution >= 4 is 20.2 Å². The number of sulfone groups is 1. The molecule has 1 fully saturated rings. The number of hydrogen-bond acceptors (Lipinski definition) is 6. The number of hydrogen-bond donors (Lipinski definition) is 0. The Labute approximate surface area is 98.8 Å². The first-order valence-electron chi connectivity index (χ1n) is 3.13. The van der Waals surface area contributed by atoms with Gasteiger partial charge in [0.1, 0.15) is 0 Å². The van der Waals surface area contributed by atoms with E-state index in [-0.39, 0.29) is 47.5 Å². The molecule has 9 heteroatoms. The molecule has 0 aromatic rings. The van der Waals surface area contributed by atoms with Gasteiger partial charge in [-0.2, -0.15) is 0 Å². The maximum atomic E-state index is 10.7. The Bertz CT molecular complexity index is 356. The average Bonchev–Trinajstić information content (AvgIpc) is 2.05. The molecule has 0 aromatic carbocycles. The van der Waals surface area contributed by atoms with Crippen molar-refractivity contribution in [2.75, 3.05) is 11.5 Å². The molecule has 0 spiro atoms. The van der Waals surface area contributed by atoms with Gasteiger partial charge < -0.3 is 4.55 Å². The molecule has 1 atom stereocenters. The Kier molecular flexibility index (Phi) is 4.85. The third kappa shape index (κ3) is 5.31. The van der Waals surface area contributed by atoms with Crippen molar-refractivity contribution in [3.63, 3.8) is 0 Å². The zero-order valence-corrected chi connectivity index (χ0v) is 10.6. The molecule has 0 N–H and O–H groups in total. The molecule has 0 aliphatic carbocycles. The molecule has 0 bridgehead atoms. The first kappa shape index (κ1) is 13.8. The topological polar surface area (TPSA) is 101 Å². The maximum absolute atomic E-state index is 10.7. The van der Waals surface area contributed by atoms with Crippen molar-refractivity contribution in [3.05, 3.63) is 0 Å². The molecule has 72 valence electrons. The zero-order valence-electron chi connectivity index (χ0n) is 6.96. The van der Waals surface area contributed by atoms with Gasteiger partial charge in [-0.25, -0.2) is 16.8 Å². The molecular weight excluding hydrogens is 231 g/mol. The molecule has 1 unspecified atom stereocenters. The van der Waals surface area contributed by atoms with E-state index in [4.69, 9.17) is 0 Å². The standard InChI is InChI=1S/C4H8O6S2.Na/c5-11(6)2-1-4(3-11)10-12(7,8)9;/h4H,1-3H2,(H,7,8,9);/q;+1/p-1. The van der Waals surface area contributed by atoms with Crippen molar-refractivity contribution in [2.45, 2.75) is 12.5 Å². The van der Waals surface area contributed by atoms with Crippen LogP contribution in [0.4, 0.5) is 0 Å². The molecule has 1 aliphatic rings. The van der Waals surface area contributed by atoms with Gasteiger partial charge in [0.25, 0.3) is 0 Å². The van der Waals surface area contributed by atoms with Crippen molar-refractivity contribution in [3.8, 4) is 0 Å². The van der Waals surface area contributed by atoms with Crippen LogP contribution in [0.15, 0.2) is 0 Å². The molecule has 13 heavy (non-hydrogen) atoms. The van der Waals surface area contributed by atoms with Gasteiger partial charge in [-0.1, -0.05) is 0 Å². The van der Waals surface area contributed by atoms with Crippen LogP contribution < -0.4 is 29.6 Å². The zero-order chi connectivity index (χ0) is 9.41. The van der Waals surface area contributed by atoms with Gasteiger partial charge in [0.15, 0.2) is 9.84 Å². The van der Waals surface area contributed by atoms with E-state index in [2.05, 4.69) is 4.18 Å². The summed E-state index contributed by atoms with van der Waals surface area (Å²) < 4.78 is 55.5. The van der Waals surface area contributed by atoms with E-state index in [0.717, 1.165) is 0 Å². The third-order valence-electron chi connectivity index (χ3n) is 1.44. The minimum atomic E-state index is -4.77. The predicted molar refractivity (Wildman–Crippen MR) is 37.8 cm³/mol. The summed E-state index contributed by atoms with van der Waals surface area (Å²) in [5.74, 6) is -0.498. The average molecular weight is 238 g/mol. The van der Waals surface area contributed by atoms with Crippen LogP contribution in [0.25, 0.3) is 0 Å². The van der Waals surface area contributed by atoms with Crippen LogP contribution in [-0.2, 0) is 24.4 Å². The van der Waals surface area contributed by atoms with Gasteiger partial charge >= 0.3 is 29.6 Å². The van der Waals surface area contributed by atoms with Crippen LogP contribution in [-0.4, -0.2) is 39.0 Å². The fourth-order valence-corrected chi connectivity index (χ4v) is 3.18. The van der Waals surface area contributed by atoms with Gasteiger partial charge in [0, 0.05) is 0 Å². The van der Waals surface area contributed by atoms with Crippen LogP contribution in [0.3, 0.4) is 0 Å². The molecule has 1 heterocycles. The van der Waals surface area contributed by atoms with E-state index in [1.165, 1.54) is 0 Å². The minimum Gasteiger partial charge on any atom is -0.726 e. The van der Waals surface area contributed by atoms with E-state index in [1.807, 2.05) is 0 Å². The van der Waals surface area contributed by atoms with Gasteiger partial charge in [-0.15, -0.1) is 0 Å². The SMILES string of the molecule is O=S1(=O)CCC(OS(=O)(=O)[O-])C1.[Na+]. The Hall–Kier alpha value is 0.820. The molecule has 1 aliphatic heterocycles. The van der Waals surface area contributed by atoms with Gasteiger partial charge in [-0.05, 0) is 6.42 Å². The van der Waals surface area contributed by atoms with Crippen LogP contribution in [0, 0.1) is 0 Å². The fraction of sp³-hybridized carbons (Fsp3) is 1.00. The number of rotatable bonds is 2. The normalized spacial score (nSPS) is 26.7. The second-order valence-electron chi connectivity index (χ2n) is 2.53. The summed E-state index contributed by atoms with van der Waals surface area (Å²) in [5.41, 5.74) is 0. The van der Waals surface area contributed by atoms with Crippen molar-refractivity contribution in [1.29, 1.82) is 0 Å². The predicted octanol–water partition coefficient (Wildman–Crippen LogP) is -4.35. The second-order valence-corrected chi connectivity index (χ2v) is 5.77. The molecule has 1 rings (SSSR count). The summed E-state index contributed by atoms with van der Waals surface area (Å²) in [6, 6.07) is 0. The minimum absolute atomic E-state index is 0. The quantitative estimate of drug-likeness (QED) is 0.274.